The second kappa shape index (κ2) is 5.80. The molecule has 0 aromatic heterocycles. The predicted molar refractivity (Wildman–Crippen MR) is 94.2 cm³/mol. The Hall–Kier alpha value is -2.35. The first-order valence-electron chi connectivity index (χ1n) is 8.11. The van der Waals surface area contributed by atoms with Gasteiger partial charge in [-0.2, -0.15) is 0 Å². The van der Waals surface area contributed by atoms with Crippen LogP contribution in [0.2, 0.25) is 0 Å². The van der Waals surface area contributed by atoms with Gasteiger partial charge in [-0.15, -0.1) is 0 Å². The lowest BCUT2D eigenvalue weighted by atomic mass is 9.96. The zero-order valence-electron chi connectivity index (χ0n) is 12.7. The van der Waals surface area contributed by atoms with Gasteiger partial charge in [-0.1, -0.05) is 42.5 Å². The van der Waals surface area contributed by atoms with Crippen molar-refractivity contribution < 1.29 is 0 Å². The SMILES string of the molecule is C1=Cc2ccccc2N=C(c2cccc3c2CCCCN3)C1. The summed E-state index contributed by atoms with van der Waals surface area (Å²) >= 11 is 0. The molecule has 0 atom stereocenters. The molecule has 2 aromatic rings. The van der Waals surface area contributed by atoms with Crippen LogP contribution in [0.3, 0.4) is 0 Å². The predicted octanol–water partition coefficient (Wildman–Crippen LogP) is 4.97. The third-order valence-electron chi connectivity index (χ3n) is 4.46. The van der Waals surface area contributed by atoms with Crippen molar-refractivity contribution in [3.63, 3.8) is 0 Å². The van der Waals surface area contributed by atoms with E-state index < -0.39 is 0 Å². The van der Waals surface area contributed by atoms with Crippen molar-refractivity contribution in [3.05, 3.63) is 65.2 Å². The van der Waals surface area contributed by atoms with Gasteiger partial charge in [0.1, 0.15) is 0 Å². The van der Waals surface area contributed by atoms with Crippen LogP contribution in [0.1, 0.15) is 36.0 Å². The lowest BCUT2D eigenvalue weighted by molar-refractivity contribution is 0.785. The van der Waals surface area contributed by atoms with Crippen LogP contribution >= 0.6 is 0 Å². The molecule has 0 saturated carbocycles. The van der Waals surface area contributed by atoms with Crippen LogP contribution in [0.15, 0.2) is 53.5 Å². The summed E-state index contributed by atoms with van der Waals surface area (Å²) in [4.78, 5) is 4.97. The molecule has 2 nitrogen and oxygen atoms in total. The Morgan fingerprint density at radius 2 is 1.91 bits per heavy atom. The highest BCUT2D eigenvalue weighted by Crippen LogP contribution is 2.30. The maximum absolute atomic E-state index is 4.97. The Kier molecular flexibility index (Phi) is 3.51. The van der Waals surface area contributed by atoms with Crippen molar-refractivity contribution in [1.29, 1.82) is 0 Å². The van der Waals surface area contributed by atoms with Gasteiger partial charge in [0, 0.05) is 24.2 Å². The van der Waals surface area contributed by atoms with E-state index in [0.717, 1.165) is 25.1 Å². The third-order valence-corrected chi connectivity index (χ3v) is 4.46. The molecule has 0 aliphatic carbocycles. The number of fused-ring (bicyclic) bond motifs is 2. The van der Waals surface area contributed by atoms with Crippen LogP contribution < -0.4 is 5.32 Å². The smallest absolute Gasteiger partial charge is 0.0705 e. The highest BCUT2D eigenvalue weighted by Gasteiger charge is 2.16. The molecule has 0 unspecified atom stereocenters. The minimum Gasteiger partial charge on any atom is -0.385 e. The van der Waals surface area contributed by atoms with Gasteiger partial charge in [0.05, 0.1) is 11.4 Å². The van der Waals surface area contributed by atoms with Gasteiger partial charge in [0.25, 0.3) is 0 Å². The van der Waals surface area contributed by atoms with Crippen molar-refractivity contribution >= 4 is 23.2 Å². The zero-order valence-corrected chi connectivity index (χ0v) is 12.7. The van der Waals surface area contributed by atoms with Crippen LogP contribution in [0.5, 0.6) is 0 Å². The summed E-state index contributed by atoms with van der Waals surface area (Å²) in [5, 5.41) is 3.57. The van der Waals surface area contributed by atoms with Crippen molar-refractivity contribution in [2.45, 2.75) is 25.7 Å². The van der Waals surface area contributed by atoms with Crippen molar-refractivity contribution in [2.75, 3.05) is 11.9 Å². The van der Waals surface area contributed by atoms with Crippen molar-refractivity contribution in [3.8, 4) is 0 Å². The van der Waals surface area contributed by atoms with Gasteiger partial charge >= 0.3 is 0 Å². The van der Waals surface area contributed by atoms with Gasteiger partial charge in [0.2, 0.25) is 0 Å². The number of benzene rings is 2. The average molecular weight is 288 g/mol. The van der Waals surface area contributed by atoms with Crippen molar-refractivity contribution in [2.24, 2.45) is 4.99 Å². The molecule has 2 heteroatoms. The number of rotatable bonds is 1. The molecule has 0 radical (unpaired) electrons. The summed E-state index contributed by atoms with van der Waals surface area (Å²) in [5.74, 6) is 0. The molecular formula is C20H20N2. The minimum atomic E-state index is 0.894. The number of allylic oxidation sites excluding steroid dienone is 1. The normalized spacial score (nSPS) is 16.6. The fourth-order valence-corrected chi connectivity index (χ4v) is 3.33. The van der Waals surface area contributed by atoms with Gasteiger partial charge in [0.15, 0.2) is 0 Å². The average Bonchev–Trinajstić information content (AvgIpc) is 2.92. The fourth-order valence-electron chi connectivity index (χ4n) is 3.33. The quantitative estimate of drug-likeness (QED) is 0.787. The molecule has 110 valence electrons. The summed E-state index contributed by atoms with van der Waals surface area (Å²) in [5.41, 5.74) is 7.50. The van der Waals surface area contributed by atoms with Gasteiger partial charge in [-0.25, -0.2) is 0 Å². The van der Waals surface area contributed by atoms with E-state index in [-0.39, 0.29) is 0 Å². The van der Waals surface area contributed by atoms with Crippen LogP contribution in [0, 0.1) is 0 Å². The Labute approximate surface area is 131 Å². The minimum absolute atomic E-state index is 0.894. The van der Waals surface area contributed by atoms with Crippen molar-refractivity contribution in [1.82, 2.24) is 0 Å². The Balaban J connectivity index is 1.83. The number of para-hydroxylation sites is 1. The molecule has 2 aromatic carbocycles. The van der Waals surface area contributed by atoms with E-state index in [0.29, 0.717) is 0 Å². The van der Waals surface area contributed by atoms with Crippen LogP contribution in [-0.2, 0) is 6.42 Å². The Bertz CT molecular complexity index is 756. The van der Waals surface area contributed by atoms with E-state index in [2.05, 4.69) is 59.9 Å². The molecular weight excluding hydrogens is 268 g/mol. The molecule has 0 saturated heterocycles. The van der Waals surface area contributed by atoms with Crippen LogP contribution in [-0.4, -0.2) is 12.3 Å². The highest BCUT2D eigenvalue weighted by atomic mass is 14.9. The maximum Gasteiger partial charge on any atom is 0.0705 e. The first kappa shape index (κ1) is 13.3. The first-order chi connectivity index (χ1) is 10.9. The highest BCUT2D eigenvalue weighted by molar-refractivity contribution is 6.06. The number of aliphatic imine (C=N–C) groups is 1. The van der Waals surface area contributed by atoms with Gasteiger partial charge < -0.3 is 5.32 Å². The summed E-state index contributed by atoms with van der Waals surface area (Å²) in [7, 11) is 0. The number of hydrogen-bond donors (Lipinski definition) is 1. The molecule has 4 rings (SSSR count). The summed E-state index contributed by atoms with van der Waals surface area (Å²) in [6.07, 6.45) is 8.94. The lowest BCUT2D eigenvalue weighted by Crippen LogP contribution is -2.06. The van der Waals surface area contributed by atoms with Gasteiger partial charge in [-0.05, 0) is 42.5 Å². The zero-order chi connectivity index (χ0) is 14.8. The molecule has 0 fully saturated rings. The van der Waals surface area contributed by atoms with Gasteiger partial charge in [-0.3, -0.25) is 4.99 Å². The molecule has 2 aliphatic rings. The number of anilines is 1. The van der Waals surface area contributed by atoms with E-state index in [1.807, 2.05) is 0 Å². The summed E-state index contributed by atoms with van der Waals surface area (Å²) in [6, 6.07) is 14.9. The summed E-state index contributed by atoms with van der Waals surface area (Å²) in [6.45, 7) is 1.08. The lowest BCUT2D eigenvalue weighted by Gasteiger charge is -2.14. The third kappa shape index (κ3) is 2.45. The molecule has 0 amide bonds. The van der Waals surface area contributed by atoms with E-state index >= 15 is 0 Å². The molecule has 0 spiro atoms. The second-order valence-electron chi connectivity index (χ2n) is 5.94. The largest absolute Gasteiger partial charge is 0.385 e. The number of nitrogens with one attached hydrogen (secondary N) is 1. The summed E-state index contributed by atoms with van der Waals surface area (Å²) < 4.78 is 0. The number of nitrogens with zero attached hydrogens (tertiary/aromatic N) is 1. The van der Waals surface area contributed by atoms with Crippen LogP contribution in [0.4, 0.5) is 11.4 Å². The molecule has 22 heavy (non-hydrogen) atoms. The molecule has 2 aliphatic heterocycles. The first-order valence-corrected chi connectivity index (χ1v) is 8.11. The van der Waals surface area contributed by atoms with E-state index in [1.54, 1.807) is 0 Å². The van der Waals surface area contributed by atoms with E-state index in [4.69, 9.17) is 4.99 Å². The Morgan fingerprint density at radius 3 is 2.91 bits per heavy atom. The standard InChI is InChI=1S/C20H20N2/c1-2-11-18-15(7-1)8-5-13-20(22-18)17-10-6-12-19-16(17)9-3-4-14-21-19/h1-2,5-8,10-12,21H,3-4,9,13-14H2. The topological polar surface area (TPSA) is 24.4 Å². The molecule has 1 N–H and O–H groups in total. The fraction of sp³-hybridized carbons (Fsp3) is 0.250. The van der Waals surface area contributed by atoms with E-state index in [9.17, 15) is 0 Å². The van der Waals surface area contributed by atoms with Crippen LogP contribution in [0.25, 0.3) is 6.08 Å². The molecule has 0 bridgehead atoms. The second-order valence-corrected chi connectivity index (χ2v) is 5.94. The molecule has 2 heterocycles. The number of hydrogen-bond acceptors (Lipinski definition) is 2. The van der Waals surface area contributed by atoms with E-state index in [1.165, 1.54) is 40.9 Å². The monoisotopic (exact) mass is 288 g/mol. The Morgan fingerprint density at radius 1 is 0.955 bits per heavy atom. The maximum atomic E-state index is 4.97.